The second kappa shape index (κ2) is 8.36. The van der Waals surface area contributed by atoms with Crippen LogP contribution in [0.4, 0.5) is 0 Å². The van der Waals surface area contributed by atoms with Crippen LogP contribution in [0.1, 0.15) is 28.9 Å². The highest BCUT2D eigenvalue weighted by molar-refractivity contribution is 6.30. The van der Waals surface area contributed by atoms with Gasteiger partial charge in [0.1, 0.15) is 11.3 Å². The van der Waals surface area contributed by atoms with Crippen LogP contribution in [-0.4, -0.2) is 25.6 Å². The van der Waals surface area contributed by atoms with Gasteiger partial charge in [-0.05, 0) is 30.7 Å². The van der Waals surface area contributed by atoms with E-state index in [1.807, 2.05) is 37.3 Å². The summed E-state index contributed by atoms with van der Waals surface area (Å²) in [6.45, 7) is 1.49. The molecule has 1 N–H and O–H groups in total. The average Bonchev–Trinajstić information content (AvgIpc) is 2.60. The third kappa shape index (κ3) is 4.73. The highest BCUT2D eigenvalue weighted by Crippen LogP contribution is 2.23. The molecule has 5 nitrogen and oxygen atoms in total. The van der Waals surface area contributed by atoms with Gasteiger partial charge in [-0.15, -0.1) is 0 Å². The fourth-order valence-corrected chi connectivity index (χ4v) is 2.31. The molecule has 2 rings (SSSR count). The van der Waals surface area contributed by atoms with Crippen LogP contribution in [0.2, 0.25) is 5.02 Å². The molecule has 1 atom stereocenters. The number of rotatable bonds is 6. The van der Waals surface area contributed by atoms with E-state index in [0.29, 0.717) is 10.8 Å². The summed E-state index contributed by atoms with van der Waals surface area (Å²) in [5, 5.41) is 3.21. The van der Waals surface area contributed by atoms with E-state index in [1.165, 1.54) is 19.2 Å². The van der Waals surface area contributed by atoms with Crippen molar-refractivity contribution in [1.29, 1.82) is 0 Å². The van der Waals surface area contributed by atoms with Gasteiger partial charge in [0.15, 0.2) is 6.61 Å². The maximum absolute atomic E-state index is 12.1. The minimum atomic E-state index is -0.647. The van der Waals surface area contributed by atoms with Crippen molar-refractivity contribution in [3.8, 4) is 5.75 Å². The highest BCUT2D eigenvalue weighted by Gasteiger charge is 2.16. The Morgan fingerprint density at radius 1 is 1.17 bits per heavy atom. The van der Waals surface area contributed by atoms with Gasteiger partial charge in [0.2, 0.25) is 0 Å². The molecule has 0 radical (unpaired) electrons. The van der Waals surface area contributed by atoms with Crippen LogP contribution in [0.5, 0.6) is 5.75 Å². The molecule has 24 heavy (non-hydrogen) atoms. The van der Waals surface area contributed by atoms with Crippen molar-refractivity contribution in [2.75, 3.05) is 13.7 Å². The second-order valence-electron chi connectivity index (χ2n) is 5.12. The van der Waals surface area contributed by atoms with Crippen LogP contribution >= 0.6 is 11.6 Å². The normalized spacial score (nSPS) is 11.5. The minimum Gasteiger partial charge on any atom is -0.496 e. The minimum absolute atomic E-state index is 0.178. The van der Waals surface area contributed by atoms with E-state index in [1.54, 1.807) is 6.07 Å². The van der Waals surface area contributed by atoms with Gasteiger partial charge < -0.3 is 14.8 Å². The smallest absolute Gasteiger partial charge is 0.342 e. The third-order valence-electron chi connectivity index (χ3n) is 3.39. The van der Waals surface area contributed by atoms with Gasteiger partial charge in [-0.1, -0.05) is 41.9 Å². The van der Waals surface area contributed by atoms with Crippen molar-refractivity contribution < 1.29 is 19.1 Å². The first-order valence-electron chi connectivity index (χ1n) is 7.36. The molecular weight excluding hydrogens is 330 g/mol. The van der Waals surface area contributed by atoms with E-state index in [2.05, 4.69) is 5.32 Å². The first-order valence-corrected chi connectivity index (χ1v) is 7.74. The standard InChI is InChI=1S/C18H18ClNO4/c1-12(13-6-4-3-5-7-13)20-17(21)11-24-18(22)15-9-8-14(19)10-16(15)23-2/h3-10,12H,11H2,1-2H3,(H,20,21)/t12-/m1/s1. The highest BCUT2D eigenvalue weighted by atomic mass is 35.5. The van der Waals surface area contributed by atoms with Gasteiger partial charge in [-0.3, -0.25) is 4.79 Å². The number of methoxy groups -OCH3 is 1. The number of carbonyl (C=O) groups is 2. The topological polar surface area (TPSA) is 64.6 Å². The van der Waals surface area contributed by atoms with E-state index >= 15 is 0 Å². The molecule has 2 aromatic carbocycles. The predicted octanol–water partition coefficient (Wildman–Crippen LogP) is 3.38. The molecule has 0 saturated carbocycles. The zero-order valence-corrected chi connectivity index (χ0v) is 14.2. The molecule has 0 heterocycles. The Bertz CT molecular complexity index is 718. The quantitative estimate of drug-likeness (QED) is 0.813. The maximum atomic E-state index is 12.1. The van der Waals surface area contributed by atoms with E-state index < -0.39 is 5.97 Å². The molecule has 0 spiro atoms. The van der Waals surface area contributed by atoms with Gasteiger partial charge in [0, 0.05) is 5.02 Å². The summed E-state index contributed by atoms with van der Waals surface area (Å²) in [7, 11) is 1.43. The molecule has 0 unspecified atom stereocenters. The van der Waals surface area contributed by atoms with Crippen molar-refractivity contribution in [3.63, 3.8) is 0 Å². The first-order chi connectivity index (χ1) is 11.5. The lowest BCUT2D eigenvalue weighted by molar-refractivity contribution is -0.124. The number of amides is 1. The summed E-state index contributed by atoms with van der Waals surface area (Å²) in [5.41, 5.74) is 1.18. The van der Waals surface area contributed by atoms with Crippen LogP contribution in [-0.2, 0) is 9.53 Å². The van der Waals surface area contributed by atoms with Crippen LogP contribution in [0.25, 0.3) is 0 Å². The first kappa shape index (κ1) is 17.8. The van der Waals surface area contributed by atoms with Crippen molar-refractivity contribution in [1.82, 2.24) is 5.32 Å². The molecule has 126 valence electrons. The molecule has 0 saturated heterocycles. The largest absolute Gasteiger partial charge is 0.496 e. The van der Waals surface area contributed by atoms with Gasteiger partial charge in [0.05, 0.1) is 13.2 Å². The molecular formula is C18H18ClNO4. The summed E-state index contributed by atoms with van der Waals surface area (Å²) < 4.78 is 10.1. The number of carbonyl (C=O) groups excluding carboxylic acids is 2. The van der Waals surface area contributed by atoms with Crippen LogP contribution < -0.4 is 10.1 Å². The fraction of sp³-hybridized carbons (Fsp3) is 0.222. The molecule has 0 bridgehead atoms. The molecule has 6 heteroatoms. The molecule has 2 aromatic rings. The number of nitrogens with one attached hydrogen (secondary N) is 1. The van der Waals surface area contributed by atoms with Crippen molar-refractivity contribution in [2.45, 2.75) is 13.0 Å². The summed E-state index contributed by atoms with van der Waals surface area (Å²) >= 11 is 5.85. The van der Waals surface area contributed by atoms with E-state index in [4.69, 9.17) is 21.1 Å². The Kier molecular flexibility index (Phi) is 6.21. The summed E-state index contributed by atoms with van der Waals surface area (Å²) in [4.78, 5) is 24.0. The lowest BCUT2D eigenvalue weighted by atomic mass is 10.1. The lowest BCUT2D eigenvalue weighted by Gasteiger charge is -2.14. The average molecular weight is 348 g/mol. The van der Waals surface area contributed by atoms with E-state index in [-0.39, 0.29) is 24.1 Å². The number of ether oxygens (including phenoxy) is 2. The number of benzene rings is 2. The zero-order valence-electron chi connectivity index (χ0n) is 13.4. The number of halogens is 1. The Balaban J connectivity index is 1.91. The van der Waals surface area contributed by atoms with Crippen LogP contribution in [0.3, 0.4) is 0 Å². The molecule has 0 aromatic heterocycles. The van der Waals surface area contributed by atoms with Gasteiger partial charge in [-0.25, -0.2) is 4.79 Å². The summed E-state index contributed by atoms with van der Waals surface area (Å²) in [6, 6.07) is 13.9. The second-order valence-corrected chi connectivity index (χ2v) is 5.56. The van der Waals surface area contributed by atoms with Gasteiger partial charge >= 0.3 is 5.97 Å². The van der Waals surface area contributed by atoms with Gasteiger partial charge in [0.25, 0.3) is 5.91 Å². The monoisotopic (exact) mass is 347 g/mol. The van der Waals surface area contributed by atoms with E-state index in [9.17, 15) is 9.59 Å². The molecule has 1 amide bonds. The summed E-state index contributed by atoms with van der Waals surface area (Å²) in [6.07, 6.45) is 0. The predicted molar refractivity (Wildman–Crippen MR) is 91.3 cm³/mol. The molecule has 0 aliphatic heterocycles. The summed E-state index contributed by atoms with van der Waals surface area (Å²) in [5.74, 6) is -0.732. The lowest BCUT2D eigenvalue weighted by Crippen LogP contribution is -2.31. The Morgan fingerprint density at radius 2 is 1.88 bits per heavy atom. The Morgan fingerprint density at radius 3 is 2.54 bits per heavy atom. The molecule has 0 aliphatic carbocycles. The van der Waals surface area contributed by atoms with Crippen LogP contribution in [0.15, 0.2) is 48.5 Å². The van der Waals surface area contributed by atoms with Crippen molar-refractivity contribution in [2.24, 2.45) is 0 Å². The van der Waals surface area contributed by atoms with E-state index in [0.717, 1.165) is 5.56 Å². The Labute approximate surface area is 145 Å². The van der Waals surface area contributed by atoms with Crippen molar-refractivity contribution >= 4 is 23.5 Å². The number of hydrogen-bond donors (Lipinski definition) is 1. The zero-order chi connectivity index (χ0) is 17.5. The third-order valence-corrected chi connectivity index (χ3v) is 3.63. The Hall–Kier alpha value is -2.53. The van der Waals surface area contributed by atoms with Gasteiger partial charge in [-0.2, -0.15) is 0 Å². The van der Waals surface area contributed by atoms with Crippen LogP contribution in [0, 0.1) is 0 Å². The van der Waals surface area contributed by atoms with Crippen molar-refractivity contribution in [3.05, 3.63) is 64.7 Å². The number of hydrogen-bond acceptors (Lipinski definition) is 4. The molecule has 0 fully saturated rings. The number of esters is 1. The fourth-order valence-electron chi connectivity index (χ4n) is 2.15. The molecule has 0 aliphatic rings. The SMILES string of the molecule is COc1cc(Cl)ccc1C(=O)OCC(=O)N[C@H](C)c1ccccc1. The maximum Gasteiger partial charge on any atom is 0.342 e.